The lowest BCUT2D eigenvalue weighted by atomic mass is 9.96. The van der Waals surface area contributed by atoms with Gasteiger partial charge in [0.25, 0.3) is 0 Å². The third kappa shape index (κ3) is 3.98. The molecule has 1 heterocycles. The van der Waals surface area contributed by atoms with E-state index in [9.17, 15) is 0 Å². The number of anilines is 1. The molecule has 118 valence electrons. The highest BCUT2D eigenvalue weighted by Gasteiger charge is 2.29. The largest absolute Gasteiger partial charge is 0.384 e. The predicted molar refractivity (Wildman–Crippen MR) is 90.1 cm³/mol. The molecule has 2 rings (SSSR count). The van der Waals surface area contributed by atoms with E-state index >= 15 is 0 Å². The van der Waals surface area contributed by atoms with Crippen LogP contribution >= 0.6 is 0 Å². The van der Waals surface area contributed by atoms with Crippen molar-refractivity contribution in [3.05, 3.63) is 29.8 Å². The Morgan fingerprint density at radius 1 is 1.33 bits per heavy atom. The zero-order chi connectivity index (χ0) is 15.2. The van der Waals surface area contributed by atoms with E-state index in [1.807, 2.05) is 0 Å². The average Bonchev–Trinajstić information content (AvgIpc) is 2.52. The summed E-state index contributed by atoms with van der Waals surface area (Å²) in [6.07, 6.45) is 2.16. The zero-order valence-corrected chi connectivity index (χ0v) is 13.9. The molecule has 1 aliphatic heterocycles. The lowest BCUT2D eigenvalue weighted by Gasteiger charge is -2.44. The summed E-state index contributed by atoms with van der Waals surface area (Å²) < 4.78 is 5.27. The third-order valence-corrected chi connectivity index (χ3v) is 4.60. The third-order valence-electron chi connectivity index (χ3n) is 4.60. The maximum atomic E-state index is 5.27. The van der Waals surface area contributed by atoms with Crippen LogP contribution in [0.25, 0.3) is 0 Å². The topological polar surface area (TPSA) is 24.5 Å². The smallest absolute Gasteiger partial charge is 0.0503 e. The first-order valence-corrected chi connectivity index (χ1v) is 8.24. The summed E-state index contributed by atoms with van der Waals surface area (Å²) in [6, 6.07) is 9.97. The molecular formula is C18H30N2O. The fraction of sp³-hybridized carbons (Fsp3) is 0.667. The highest BCUT2D eigenvalue weighted by atomic mass is 16.5. The van der Waals surface area contributed by atoms with Crippen LogP contribution < -0.4 is 10.2 Å². The van der Waals surface area contributed by atoms with E-state index in [1.165, 1.54) is 17.7 Å². The number of hydrogen-bond donors (Lipinski definition) is 1. The van der Waals surface area contributed by atoms with Crippen molar-refractivity contribution in [3.63, 3.8) is 0 Å². The number of benzene rings is 1. The molecule has 0 aromatic heterocycles. The number of hydrogen-bond acceptors (Lipinski definition) is 3. The first kappa shape index (κ1) is 16.3. The molecule has 21 heavy (non-hydrogen) atoms. The molecule has 0 aliphatic carbocycles. The summed E-state index contributed by atoms with van der Waals surface area (Å²) in [5.41, 5.74) is 2.80. The van der Waals surface area contributed by atoms with E-state index in [-0.39, 0.29) is 0 Å². The van der Waals surface area contributed by atoms with Crippen molar-refractivity contribution in [1.29, 1.82) is 0 Å². The van der Waals surface area contributed by atoms with Crippen molar-refractivity contribution in [2.75, 3.05) is 31.7 Å². The summed E-state index contributed by atoms with van der Waals surface area (Å²) in [6.45, 7) is 9.86. The summed E-state index contributed by atoms with van der Waals surface area (Å²) >= 11 is 0. The van der Waals surface area contributed by atoms with E-state index in [0.29, 0.717) is 18.0 Å². The Hall–Kier alpha value is -1.06. The van der Waals surface area contributed by atoms with Crippen molar-refractivity contribution in [1.82, 2.24) is 5.32 Å². The maximum Gasteiger partial charge on any atom is 0.0503 e. The summed E-state index contributed by atoms with van der Waals surface area (Å²) in [4.78, 5) is 2.62. The van der Waals surface area contributed by atoms with Crippen LogP contribution in [0.3, 0.4) is 0 Å². The minimum Gasteiger partial charge on any atom is -0.384 e. The standard InChI is InChI=1S/C18H30N2O/c1-5-16-12-19-17(14(2)3)13-20(16)18-9-7-6-8-15(18)10-11-21-4/h6-9,14,16-17,19H,5,10-13H2,1-4H3. The van der Waals surface area contributed by atoms with Gasteiger partial charge in [0.1, 0.15) is 0 Å². The molecule has 0 saturated carbocycles. The van der Waals surface area contributed by atoms with Gasteiger partial charge in [0.15, 0.2) is 0 Å². The molecule has 1 aliphatic rings. The fourth-order valence-electron chi connectivity index (χ4n) is 3.14. The van der Waals surface area contributed by atoms with Crippen molar-refractivity contribution >= 4 is 5.69 Å². The highest BCUT2D eigenvalue weighted by Crippen LogP contribution is 2.27. The second kappa shape index (κ2) is 7.81. The zero-order valence-electron chi connectivity index (χ0n) is 13.9. The summed E-state index contributed by atoms with van der Waals surface area (Å²) in [5.74, 6) is 0.663. The summed E-state index contributed by atoms with van der Waals surface area (Å²) in [5, 5.41) is 3.72. The molecular weight excluding hydrogens is 260 g/mol. The van der Waals surface area contributed by atoms with Crippen LogP contribution in [-0.4, -0.2) is 38.9 Å². The molecule has 2 atom stereocenters. The van der Waals surface area contributed by atoms with E-state index in [1.54, 1.807) is 7.11 Å². The number of piperazine rings is 1. The second-order valence-corrected chi connectivity index (χ2v) is 6.34. The Bertz CT molecular complexity index is 433. The van der Waals surface area contributed by atoms with Crippen LogP contribution in [-0.2, 0) is 11.2 Å². The van der Waals surface area contributed by atoms with Gasteiger partial charge in [-0.3, -0.25) is 0 Å². The quantitative estimate of drug-likeness (QED) is 0.871. The number of nitrogens with one attached hydrogen (secondary N) is 1. The molecule has 2 unspecified atom stereocenters. The van der Waals surface area contributed by atoms with Crippen LogP contribution in [0.1, 0.15) is 32.8 Å². The summed E-state index contributed by atoms with van der Waals surface area (Å²) in [7, 11) is 1.77. The van der Waals surface area contributed by atoms with Crippen molar-refractivity contribution < 1.29 is 4.74 Å². The first-order valence-electron chi connectivity index (χ1n) is 8.24. The van der Waals surface area contributed by atoms with Gasteiger partial charge in [0, 0.05) is 38.0 Å². The van der Waals surface area contributed by atoms with Crippen molar-refractivity contribution in [2.24, 2.45) is 5.92 Å². The Balaban J connectivity index is 2.23. The molecule has 1 N–H and O–H groups in total. The van der Waals surface area contributed by atoms with E-state index in [4.69, 9.17) is 4.74 Å². The number of para-hydroxylation sites is 1. The molecule has 1 aromatic rings. The molecule has 3 heteroatoms. The van der Waals surface area contributed by atoms with Gasteiger partial charge in [-0.05, 0) is 30.4 Å². The van der Waals surface area contributed by atoms with Gasteiger partial charge >= 0.3 is 0 Å². The Labute approximate surface area is 129 Å². The Morgan fingerprint density at radius 2 is 2.10 bits per heavy atom. The molecule has 0 bridgehead atoms. The van der Waals surface area contributed by atoms with Gasteiger partial charge in [-0.2, -0.15) is 0 Å². The van der Waals surface area contributed by atoms with Gasteiger partial charge in [-0.15, -0.1) is 0 Å². The first-order chi connectivity index (χ1) is 10.2. The molecule has 0 amide bonds. The highest BCUT2D eigenvalue weighted by molar-refractivity contribution is 5.55. The average molecular weight is 290 g/mol. The van der Waals surface area contributed by atoms with E-state index in [2.05, 4.69) is 55.3 Å². The van der Waals surface area contributed by atoms with Crippen LogP contribution in [0.5, 0.6) is 0 Å². The maximum absolute atomic E-state index is 5.27. The fourth-order valence-corrected chi connectivity index (χ4v) is 3.14. The SMILES string of the molecule is CCC1CNC(C(C)C)CN1c1ccccc1CCOC. The second-order valence-electron chi connectivity index (χ2n) is 6.34. The van der Waals surface area contributed by atoms with Gasteiger partial charge in [0.05, 0.1) is 6.61 Å². The van der Waals surface area contributed by atoms with Gasteiger partial charge in [0.2, 0.25) is 0 Å². The molecule has 0 radical (unpaired) electrons. The van der Waals surface area contributed by atoms with E-state index < -0.39 is 0 Å². The van der Waals surface area contributed by atoms with Gasteiger partial charge in [-0.1, -0.05) is 39.0 Å². The molecule has 3 nitrogen and oxygen atoms in total. The number of ether oxygens (including phenoxy) is 1. The predicted octanol–water partition coefficient (Wildman–Crippen LogP) is 3.09. The lowest BCUT2D eigenvalue weighted by molar-refractivity contribution is 0.202. The van der Waals surface area contributed by atoms with Crippen molar-refractivity contribution in [2.45, 2.75) is 45.7 Å². The molecule has 1 saturated heterocycles. The molecule has 1 aromatic carbocycles. The monoisotopic (exact) mass is 290 g/mol. The Morgan fingerprint density at radius 3 is 2.76 bits per heavy atom. The van der Waals surface area contributed by atoms with Crippen LogP contribution in [0.4, 0.5) is 5.69 Å². The molecule has 0 spiro atoms. The van der Waals surface area contributed by atoms with Crippen LogP contribution in [0, 0.1) is 5.92 Å². The minimum atomic E-state index is 0.572. The number of rotatable bonds is 6. The normalized spacial score (nSPS) is 22.8. The van der Waals surface area contributed by atoms with Gasteiger partial charge < -0.3 is 15.0 Å². The minimum absolute atomic E-state index is 0.572. The Kier molecular flexibility index (Phi) is 6.07. The van der Waals surface area contributed by atoms with Crippen molar-refractivity contribution in [3.8, 4) is 0 Å². The number of nitrogens with zero attached hydrogens (tertiary/aromatic N) is 1. The van der Waals surface area contributed by atoms with Gasteiger partial charge in [-0.25, -0.2) is 0 Å². The number of methoxy groups -OCH3 is 1. The lowest BCUT2D eigenvalue weighted by Crippen LogP contribution is -2.58. The molecule has 1 fully saturated rings. The van der Waals surface area contributed by atoms with E-state index in [0.717, 1.165) is 26.1 Å². The van der Waals surface area contributed by atoms with Crippen LogP contribution in [0.15, 0.2) is 24.3 Å². The van der Waals surface area contributed by atoms with Crippen LogP contribution in [0.2, 0.25) is 0 Å².